The molecule has 1 atom stereocenters. The van der Waals surface area contributed by atoms with Crippen LogP contribution in [0, 0.1) is 0 Å². The quantitative estimate of drug-likeness (QED) is 0.772. The van der Waals surface area contributed by atoms with Gasteiger partial charge in [0.1, 0.15) is 4.84 Å². The SMILES string of the molecule is NC(=O)NC(c1ccccc1)C(Cl)Cl. The predicted molar refractivity (Wildman–Crippen MR) is 57.4 cm³/mol. The zero-order valence-electron chi connectivity index (χ0n) is 7.28. The Bertz CT molecular complexity index is 303. The number of alkyl halides is 2. The molecule has 1 unspecified atom stereocenters. The lowest BCUT2D eigenvalue weighted by atomic mass is 10.1. The van der Waals surface area contributed by atoms with E-state index in [1.807, 2.05) is 30.3 Å². The molecule has 1 rings (SSSR count). The van der Waals surface area contributed by atoms with Crippen molar-refractivity contribution in [2.75, 3.05) is 0 Å². The van der Waals surface area contributed by atoms with E-state index in [9.17, 15) is 4.79 Å². The van der Waals surface area contributed by atoms with E-state index in [-0.39, 0.29) is 0 Å². The van der Waals surface area contributed by atoms with E-state index < -0.39 is 16.9 Å². The molecule has 76 valence electrons. The van der Waals surface area contributed by atoms with Crippen LogP contribution in [0.3, 0.4) is 0 Å². The molecule has 0 aliphatic carbocycles. The van der Waals surface area contributed by atoms with E-state index in [0.29, 0.717) is 0 Å². The number of carbonyl (C=O) groups excluding carboxylic acids is 1. The van der Waals surface area contributed by atoms with Crippen LogP contribution in [0.2, 0.25) is 0 Å². The minimum atomic E-state index is -0.732. The number of primary amides is 1. The first-order chi connectivity index (χ1) is 6.61. The maximum absolute atomic E-state index is 10.7. The highest BCUT2D eigenvalue weighted by atomic mass is 35.5. The maximum Gasteiger partial charge on any atom is 0.312 e. The third-order valence-electron chi connectivity index (χ3n) is 1.71. The van der Waals surface area contributed by atoms with Crippen LogP contribution in [0.5, 0.6) is 0 Å². The highest BCUT2D eigenvalue weighted by molar-refractivity contribution is 6.44. The van der Waals surface area contributed by atoms with Gasteiger partial charge in [-0.1, -0.05) is 30.3 Å². The lowest BCUT2D eigenvalue weighted by molar-refractivity contribution is 0.246. The number of amides is 2. The fraction of sp³-hybridized carbons (Fsp3) is 0.222. The first kappa shape index (κ1) is 11.1. The summed E-state index contributed by atoms with van der Waals surface area (Å²) >= 11 is 11.4. The molecule has 0 bridgehead atoms. The summed E-state index contributed by atoms with van der Waals surface area (Å²) in [6.07, 6.45) is 0. The van der Waals surface area contributed by atoms with Crippen molar-refractivity contribution in [3.05, 3.63) is 35.9 Å². The van der Waals surface area contributed by atoms with Gasteiger partial charge in [0.15, 0.2) is 0 Å². The molecule has 5 heteroatoms. The number of nitrogens with two attached hydrogens (primary N) is 1. The van der Waals surface area contributed by atoms with Crippen LogP contribution in [-0.2, 0) is 0 Å². The Morgan fingerprint density at radius 1 is 1.29 bits per heavy atom. The topological polar surface area (TPSA) is 55.1 Å². The molecule has 0 heterocycles. The molecular formula is C9H10Cl2N2O. The summed E-state index contributed by atoms with van der Waals surface area (Å²) in [5.41, 5.74) is 5.82. The van der Waals surface area contributed by atoms with Gasteiger partial charge in [-0.25, -0.2) is 4.79 Å². The Kier molecular flexibility index (Phi) is 4.04. The number of urea groups is 1. The fourth-order valence-corrected chi connectivity index (χ4v) is 1.52. The zero-order chi connectivity index (χ0) is 10.6. The summed E-state index contributed by atoms with van der Waals surface area (Å²) in [5.74, 6) is 0. The van der Waals surface area contributed by atoms with Gasteiger partial charge in [-0.15, -0.1) is 23.2 Å². The smallest absolute Gasteiger partial charge is 0.312 e. The number of hydrogen-bond acceptors (Lipinski definition) is 1. The summed E-state index contributed by atoms with van der Waals surface area (Å²) in [6, 6.07) is 8.05. The van der Waals surface area contributed by atoms with Crippen LogP contribution in [-0.4, -0.2) is 10.9 Å². The van der Waals surface area contributed by atoms with Crippen LogP contribution in [0.4, 0.5) is 4.79 Å². The maximum atomic E-state index is 10.7. The van der Waals surface area contributed by atoms with Crippen molar-refractivity contribution in [2.24, 2.45) is 5.73 Å². The van der Waals surface area contributed by atoms with Crippen molar-refractivity contribution in [2.45, 2.75) is 10.9 Å². The van der Waals surface area contributed by atoms with Gasteiger partial charge in [-0.3, -0.25) is 0 Å². The Hall–Kier alpha value is -0.930. The van der Waals surface area contributed by atoms with Gasteiger partial charge in [-0.2, -0.15) is 0 Å². The van der Waals surface area contributed by atoms with Gasteiger partial charge in [0.05, 0.1) is 6.04 Å². The molecule has 14 heavy (non-hydrogen) atoms. The summed E-state index contributed by atoms with van der Waals surface area (Å²) in [4.78, 5) is 9.95. The molecule has 3 N–H and O–H groups in total. The van der Waals surface area contributed by atoms with Crippen LogP contribution in [0.15, 0.2) is 30.3 Å². The summed E-state index contributed by atoms with van der Waals surface area (Å²) in [6.45, 7) is 0. The average Bonchev–Trinajstić information content (AvgIpc) is 2.15. The first-order valence-electron chi connectivity index (χ1n) is 4.00. The molecule has 0 saturated carbocycles. The molecule has 3 nitrogen and oxygen atoms in total. The Morgan fingerprint density at radius 2 is 1.86 bits per heavy atom. The van der Waals surface area contributed by atoms with Crippen LogP contribution in [0.1, 0.15) is 11.6 Å². The normalized spacial score (nSPS) is 12.5. The van der Waals surface area contributed by atoms with Crippen molar-refractivity contribution in [3.8, 4) is 0 Å². The van der Waals surface area contributed by atoms with Crippen LogP contribution < -0.4 is 11.1 Å². The predicted octanol–water partition coefficient (Wildman–Crippen LogP) is 2.20. The van der Waals surface area contributed by atoms with Gasteiger partial charge in [0.2, 0.25) is 0 Å². The van der Waals surface area contributed by atoms with Crippen molar-refractivity contribution >= 4 is 29.2 Å². The van der Waals surface area contributed by atoms with E-state index in [4.69, 9.17) is 28.9 Å². The average molecular weight is 233 g/mol. The third kappa shape index (κ3) is 3.09. The third-order valence-corrected chi connectivity index (χ3v) is 2.21. The van der Waals surface area contributed by atoms with Crippen LogP contribution >= 0.6 is 23.2 Å². The van der Waals surface area contributed by atoms with Crippen LogP contribution in [0.25, 0.3) is 0 Å². The van der Waals surface area contributed by atoms with E-state index in [1.165, 1.54) is 0 Å². The summed E-state index contributed by atoms with van der Waals surface area (Å²) in [5, 5.41) is 2.47. The fourth-order valence-electron chi connectivity index (χ4n) is 1.11. The van der Waals surface area contributed by atoms with E-state index in [0.717, 1.165) is 5.56 Å². The lowest BCUT2D eigenvalue weighted by Crippen LogP contribution is -2.36. The van der Waals surface area contributed by atoms with E-state index in [2.05, 4.69) is 5.32 Å². The van der Waals surface area contributed by atoms with Crippen molar-refractivity contribution in [3.63, 3.8) is 0 Å². The molecule has 1 aromatic carbocycles. The molecule has 0 aliphatic rings. The number of carbonyl (C=O) groups is 1. The van der Waals surface area contributed by atoms with Gasteiger partial charge < -0.3 is 11.1 Å². The molecule has 0 spiro atoms. The second kappa shape index (κ2) is 5.08. The standard InChI is InChI=1S/C9H10Cl2N2O/c10-8(11)7(13-9(12)14)6-4-2-1-3-5-6/h1-5,7-8H,(H3,12,13,14). The van der Waals surface area contributed by atoms with Crippen molar-refractivity contribution < 1.29 is 4.79 Å². The second-order valence-corrected chi connectivity index (χ2v) is 3.90. The summed E-state index contributed by atoms with van der Waals surface area (Å²) < 4.78 is 0. The molecule has 2 amide bonds. The van der Waals surface area contributed by atoms with Gasteiger partial charge in [-0.05, 0) is 5.56 Å². The molecule has 0 fully saturated rings. The summed E-state index contributed by atoms with van der Waals surface area (Å²) in [7, 11) is 0. The monoisotopic (exact) mass is 232 g/mol. The minimum absolute atomic E-state index is 0.475. The molecule has 0 aromatic heterocycles. The molecule has 0 aliphatic heterocycles. The molecular weight excluding hydrogens is 223 g/mol. The number of benzene rings is 1. The lowest BCUT2D eigenvalue weighted by Gasteiger charge is -2.18. The highest BCUT2D eigenvalue weighted by Crippen LogP contribution is 2.23. The second-order valence-electron chi connectivity index (χ2n) is 2.73. The zero-order valence-corrected chi connectivity index (χ0v) is 8.79. The number of nitrogens with one attached hydrogen (secondary N) is 1. The van der Waals surface area contributed by atoms with Crippen molar-refractivity contribution in [1.82, 2.24) is 5.32 Å². The molecule has 0 saturated heterocycles. The Balaban J connectivity index is 2.83. The van der Waals surface area contributed by atoms with E-state index in [1.54, 1.807) is 0 Å². The van der Waals surface area contributed by atoms with Crippen molar-refractivity contribution in [1.29, 1.82) is 0 Å². The van der Waals surface area contributed by atoms with Gasteiger partial charge >= 0.3 is 6.03 Å². The Labute approximate surface area is 92.2 Å². The highest BCUT2D eigenvalue weighted by Gasteiger charge is 2.19. The van der Waals surface area contributed by atoms with Gasteiger partial charge in [0, 0.05) is 0 Å². The number of hydrogen-bond donors (Lipinski definition) is 2. The Morgan fingerprint density at radius 3 is 2.29 bits per heavy atom. The van der Waals surface area contributed by atoms with Gasteiger partial charge in [0.25, 0.3) is 0 Å². The number of rotatable bonds is 3. The minimum Gasteiger partial charge on any atom is -0.352 e. The molecule has 0 radical (unpaired) electrons. The molecule has 1 aromatic rings. The van der Waals surface area contributed by atoms with E-state index >= 15 is 0 Å². The first-order valence-corrected chi connectivity index (χ1v) is 4.87. The number of halogens is 2. The largest absolute Gasteiger partial charge is 0.352 e.